The normalized spacial score (nSPS) is 18.2. The Balaban J connectivity index is 2.01. The molecule has 18 heavy (non-hydrogen) atoms. The zero-order chi connectivity index (χ0) is 12.7. The van der Waals surface area contributed by atoms with Crippen LogP contribution in [0.3, 0.4) is 0 Å². The van der Waals surface area contributed by atoms with Crippen LogP contribution in [0.2, 0.25) is 0 Å². The van der Waals surface area contributed by atoms with Crippen LogP contribution in [-0.2, 0) is 11.3 Å². The second kappa shape index (κ2) is 4.19. The van der Waals surface area contributed by atoms with Crippen molar-refractivity contribution in [3.8, 4) is 0 Å². The molecule has 92 valence electrons. The smallest absolute Gasteiger partial charge is 0.248 e. The fourth-order valence-corrected chi connectivity index (χ4v) is 2.82. The van der Waals surface area contributed by atoms with E-state index in [9.17, 15) is 9.18 Å². The Bertz CT molecular complexity index is 597. The Morgan fingerprint density at radius 3 is 2.94 bits per heavy atom. The number of halogens is 1. The molecular formula is C13H11FN2OS. The van der Waals surface area contributed by atoms with Crippen molar-refractivity contribution in [2.24, 2.45) is 5.73 Å². The molecule has 0 saturated carbocycles. The summed E-state index contributed by atoms with van der Waals surface area (Å²) in [7, 11) is 0. The number of nitrogens with two attached hydrogens (primary N) is 1. The van der Waals surface area contributed by atoms with Gasteiger partial charge in [-0.2, -0.15) is 11.3 Å². The average Bonchev–Trinajstić information content (AvgIpc) is 2.93. The fraction of sp³-hybridized carbons (Fsp3) is 0.154. The van der Waals surface area contributed by atoms with Gasteiger partial charge in [0.15, 0.2) is 0 Å². The van der Waals surface area contributed by atoms with E-state index < -0.39 is 6.04 Å². The molecule has 5 heteroatoms. The van der Waals surface area contributed by atoms with Crippen molar-refractivity contribution in [2.75, 3.05) is 4.90 Å². The second-order valence-corrected chi connectivity index (χ2v) is 5.02. The first-order chi connectivity index (χ1) is 8.66. The summed E-state index contributed by atoms with van der Waals surface area (Å²) in [5.41, 5.74) is 8.15. The Morgan fingerprint density at radius 1 is 1.39 bits per heavy atom. The monoisotopic (exact) mass is 262 g/mol. The highest BCUT2D eigenvalue weighted by atomic mass is 32.1. The van der Waals surface area contributed by atoms with E-state index in [0.717, 1.165) is 5.56 Å². The Morgan fingerprint density at radius 2 is 2.22 bits per heavy atom. The number of thiophene rings is 1. The molecule has 1 aromatic heterocycles. The maximum absolute atomic E-state index is 13.3. The van der Waals surface area contributed by atoms with Crippen LogP contribution in [0.1, 0.15) is 17.2 Å². The maximum Gasteiger partial charge on any atom is 0.248 e. The first-order valence-corrected chi connectivity index (χ1v) is 6.48. The van der Waals surface area contributed by atoms with Gasteiger partial charge in [0.2, 0.25) is 5.91 Å². The third-order valence-corrected chi connectivity index (χ3v) is 3.80. The van der Waals surface area contributed by atoms with Crippen LogP contribution in [0, 0.1) is 5.82 Å². The summed E-state index contributed by atoms with van der Waals surface area (Å²) in [4.78, 5) is 13.6. The first-order valence-electron chi connectivity index (χ1n) is 5.54. The van der Waals surface area contributed by atoms with Crippen LogP contribution in [-0.4, -0.2) is 5.91 Å². The summed E-state index contributed by atoms with van der Waals surface area (Å²) < 4.78 is 13.3. The number of fused-ring (bicyclic) bond motifs is 1. The van der Waals surface area contributed by atoms with Gasteiger partial charge in [0.1, 0.15) is 11.9 Å². The van der Waals surface area contributed by atoms with Crippen molar-refractivity contribution in [2.45, 2.75) is 12.6 Å². The lowest BCUT2D eigenvalue weighted by Crippen LogP contribution is -2.31. The number of anilines is 1. The number of benzene rings is 1. The van der Waals surface area contributed by atoms with Crippen molar-refractivity contribution >= 4 is 22.9 Å². The molecule has 0 fully saturated rings. The summed E-state index contributed by atoms with van der Waals surface area (Å²) >= 11 is 1.57. The van der Waals surface area contributed by atoms with Gasteiger partial charge in [0.05, 0.1) is 12.2 Å². The topological polar surface area (TPSA) is 46.3 Å². The highest BCUT2D eigenvalue weighted by Gasteiger charge is 2.34. The summed E-state index contributed by atoms with van der Waals surface area (Å²) in [5, 5.41) is 3.92. The van der Waals surface area contributed by atoms with Crippen molar-refractivity contribution in [1.29, 1.82) is 0 Å². The number of amides is 1. The van der Waals surface area contributed by atoms with Crippen molar-refractivity contribution in [3.05, 3.63) is 52.0 Å². The van der Waals surface area contributed by atoms with E-state index in [0.29, 0.717) is 17.8 Å². The van der Waals surface area contributed by atoms with Crippen molar-refractivity contribution < 1.29 is 9.18 Å². The first kappa shape index (κ1) is 11.4. The summed E-state index contributed by atoms with van der Waals surface area (Å²) in [5.74, 6) is -0.534. The summed E-state index contributed by atoms with van der Waals surface area (Å²) in [6.07, 6.45) is 0. The molecule has 1 unspecified atom stereocenters. The largest absolute Gasteiger partial charge is 0.316 e. The van der Waals surface area contributed by atoms with Gasteiger partial charge in [-0.15, -0.1) is 0 Å². The molecule has 2 aromatic rings. The van der Waals surface area contributed by atoms with Crippen LogP contribution in [0.5, 0.6) is 0 Å². The third kappa shape index (κ3) is 1.72. The van der Waals surface area contributed by atoms with E-state index in [-0.39, 0.29) is 11.7 Å². The maximum atomic E-state index is 13.3. The number of nitrogens with zero attached hydrogens (tertiary/aromatic N) is 1. The molecule has 0 saturated heterocycles. The molecule has 0 spiro atoms. The average molecular weight is 262 g/mol. The summed E-state index contributed by atoms with van der Waals surface area (Å²) in [6, 6.07) is 5.55. The van der Waals surface area contributed by atoms with Gasteiger partial charge in [-0.05, 0) is 34.5 Å². The number of hydrogen-bond donors (Lipinski definition) is 1. The Kier molecular flexibility index (Phi) is 2.65. The molecule has 1 aliphatic heterocycles. The number of carbonyl (C=O) groups is 1. The molecule has 0 radical (unpaired) electrons. The molecule has 2 N–H and O–H groups in total. The number of rotatable bonds is 2. The molecule has 1 amide bonds. The van der Waals surface area contributed by atoms with Gasteiger partial charge in [-0.25, -0.2) is 4.39 Å². The van der Waals surface area contributed by atoms with Crippen molar-refractivity contribution in [1.82, 2.24) is 0 Å². The molecule has 0 bridgehead atoms. The number of carbonyl (C=O) groups excluding carboxylic acids is 1. The van der Waals surface area contributed by atoms with Crippen LogP contribution < -0.4 is 10.6 Å². The van der Waals surface area contributed by atoms with E-state index in [4.69, 9.17) is 5.73 Å². The van der Waals surface area contributed by atoms with Gasteiger partial charge in [-0.3, -0.25) is 4.79 Å². The SMILES string of the molecule is NC1C(=O)N(Cc2ccsc2)c2cc(F)ccc21. The van der Waals surface area contributed by atoms with E-state index >= 15 is 0 Å². The van der Waals surface area contributed by atoms with E-state index in [2.05, 4.69) is 0 Å². The molecule has 1 atom stereocenters. The Labute approximate surface area is 108 Å². The van der Waals surface area contributed by atoms with Gasteiger partial charge >= 0.3 is 0 Å². The molecular weight excluding hydrogens is 251 g/mol. The van der Waals surface area contributed by atoms with Crippen LogP contribution in [0.4, 0.5) is 10.1 Å². The molecule has 3 nitrogen and oxygen atoms in total. The van der Waals surface area contributed by atoms with Gasteiger partial charge < -0.3 is 10.6 Å². The molecule has 3 rings (SSSR count). The lowest BCUT2D eigenvalue weighted by Gasteiger charge is -2.16. The lowest BCUT2D eigenvalue weighted by molar-refractivity contribution is -0.119. The van der Waals surface area contributed by atoms with Crippen molar-refractivity contribution in [3.63, 3.8) is 0 Å². The van der Waals surface area contributed by atoms with Crippen LogP contribution in [0.15, 0.2) is 35.0 Å². The standard InChI is InChI=1S/C13H11FN2OS/c14-9-1-2-10-11(5-9)16(13(17)12(10)15)6-8-3-4-18-7-8/h1-5,7,12H,6,15H2. The minimum Gasteiger partial charge on any atom is -0.316 e. The molecule has 1 aromatic carbocycles. The minimum absolute atomic E-state index is 0.179. The van der Waals surface area contributed by atoms with E-state index in [1.165, 1.54) is 12.1 Å². The zero-order valence-corrected chi connectivity index (χ0v) is 10.3. The highest BCUT2D eigenvalue weighted by Crippen LogP contribution is 2.36. The van der Waals surface area contributed by atoms with Gasteiger partial charge in [0, 0.05) is 5.56 Å². The van der Waals surface area contributed by atoms with E-state index in [1.54, 1.807) is 22.3 Å². The van der Waals surface area contributed by atoms with Crippen LogP contribution >= 0.6 is 11.3 Å². The van der Waals surface area contributed by atoms with E-state index in [1.807, 2.05) is 16.8 Å². The molecule has 2 heterocycles. The highest BCUT2D eigenvalue weighted by molar-refractivity contribution is 7.07. The zero-order valence-electron chi connectivity index (χ0n) is 9.47. The fourth-order valence-electron chi connectivity index (χ4n) is 2.16. The van der Waals surface area contributed by atoms with Gasteiger partial charge in [0.25, 0.3) is 0 Å². The molecule has 0 aliphatic carbocycles. The van der Waals surface area contributed by atoms with Gasteiger partial charge in [-0.1, -0.05) is 6.07 Å². The molecule has 1 aliphatic rings. The predicted octanol–water partition coefficient (Wildman–Crippen LogP) is 2.43. The van der Waals surface area contributed by atoms with Crippen LogP contribution in [0.25, 0.3) is 0 Å². The predicted molar refractivity (Wildman–Crippen MR) is 68.8 cm³/mol. The second-order valence-electron chi connectivity index (χ2n) is 4.24. The summed E-state index contributed by atoms with van der Waals surface area (Å²) in [6.45, 7) is 0.437. The third-order valence-electron chi connectivity index (χ3n) is 3.07. The minimum atomic E-state index is -0.681. The number of hydrogen-bond acceptors (Lipinski definition) is 3. The quantitative estimate of drug-likeness (QED) is 0.903. The Hall–Kier alpha value is -1.72. The lowest BCUT2D eigenvalue weighted by atomic mass is 10.1.